The third-order valence-electron chi connectivity index (χ3n) is 4.50. The van der Waals surface area contributed by atoms with Crippen molar-refractivity contribution in [3.63, 3.8) is 0 Å². The molecule has 1 atom stereocenters. The largest absolute Gasteiger partial charge is 0.370 e. The Morgan fingerprint density at radius 3 is 3.08 bits per heavy atom. The van der Waals surface area contributed by atoms with E-state index in [2.05, 4.69) is 20.4 Å². The minimum atomic E-state index is -0.293. The van der Waals surface area contributed by atoms with Crippen molar-refractivity contribution in [3.05, 3.63) is 48.6 Å². The van der Waals surface area contributed by atoms with E-state index in [4.69, 9.17) is 4.52 Å². The van der Waals surface area contributed by atoms with E-state index in [9.17, 15) is 9.18 Å². The first kappa shape index (κ1) is 15.6. The van der Waals surface area contributed by atoms with Gasteiger partial charge in [-0.1, -0.05) is 5.16 Å². The lowest BCUT2D eigenvalue weighted by Gasteiger charge is -2.34. The highest BCUT2D eigenvalue weighted by Gasteiger charge is 2.27. The average molecular weight is 340 g/mol. The van der Waals surface area contributed by atoms with Gasteiger partial charge in [0.05, 0.1) is 11.4 Å². The van der Waals surface area contributed by atoms with Gasteiger partial charge in [-0.25, -0.2) is 4.39 Å². The summed E-state index contributed by atoms with van der Waals surface area (Å²) >= 11 is 0. The average Bonchev–Trinajstić information content (AvgIpc) is 3.14. The zero-order valence-electron chi connectivity index (χ0n) is 13.5. The maximum atomic E-state index is 13.7. The number of halogens is 1. The van der Waals surface area contributed by atoms with Gasteiger partial charge in [0.2, 0.25) is 5.91 Å². The van der Waals surface area contributed by atoms with Crippen molar-refractivity contribution in [1.29, 1.82) is 0 Å². The van der Waals surface area contributed by atoms with Gasteiger partial charge < -0.3 is 14.7 Å². The summed E-state index contributed by atoms with van der Waals surface area (Å²) < 4.78 is 18.4. The van der Waals surface area contributed by atoms with Gasteiger partial charge in [-0.2, -0.15) is 0 Å². The summed E-state index contributed by atoms with van der Waals surface area (Å²) in [7, 11) is 0. The van der Waals surface area contributed by atoms with Crippen molar-refractivity contribution in [1.82, 2.24) is 10.1 Å². The van der Waals surface area contributed by atoms with Crippen molar-refractivity contribution in [2.45, 2.75) is 12.8 Å². The normalized spacial score (nSPS) is 17.6. The fourth-order valence-corrected chi connectivity index (χ4v) is 3.29. The Bertz CT molecular complexity index is 897. The molecule has 1 aliphatic heterocycles. The first-order chi connectivity index (χ1) is 12.2. The maximum absolute atomic E-state index is 13.7. The van der Waals surface area contributed by atoms with Crippen LogP contribution < -0.4 is 10.2 Å². The van der Waals surface area contributed by atoms with Gasteiger partial charge in [0.15, 0.2) is 5.82 Å². The number of carbonyl (C=O) groups excluding carboxylic acids is 1. The third kappa shape index (κ3) is 3.17. The van der Waals surface area contributed by atoms with E-state index in [1.807, 2.05) is 6.07 Å². The van der Waals surface area contributed by atoms with E-state index in [1.54, 1.807) is 18.3 Å². The standard InChI is InChI=1S/C18H17FN4O2/c19-13-3-4-15-14(10-13)16(5-7-20-15)23-8-1-2-12(11-23)18(24)21-17-6-9-25-22-17/h3-7,9-10,12H,1-2,8,11H2,(H,21,22,24). The van der Waals surface area contributed by atoms with Crippen molar-refractivity contribution < 1.29 is 13.7 Å². The second-order valence-electron chi connectivity index (χ2n) is 6.15. The topological polar surface area (TPSA) is 71.3 Å². The Hall–Kier alpha value is -2.96. The highest BCUT2D eigenvalue weighted by molar-refractivity contribution is 5.94. The number of piperidine rings is 1. The van der Waals surface area contributed by atoms with E-state index in [0.717, 1.165) is 36.0 Å². The molecule has 1 aromatic carbocycles. The quantitative estimate of drug-likeness (QED) is 0.793. The van der Waals surface area contributed by atoms with Gasteiger partial charge >= 0.3 is 0 Å². The lowest BCUT2D eigenvalue weighted by atomic mass is 9.96. The summed E-state index contributed by atoms with van der Waals surface area (Å²) in [5.41, 5.74) is 1.65. The van der Waals surface area contributed by atoms with Crippen LogP contribution in [0.3, 0.4) is 0 Å². The number of nitrogens with one attached hydrogen (secondary N) is 1. The number of pyridine rings is 1. The lowest BCUT2D eigenvalue weighted by Crippen LogP contribution is -2.40. The molecule has 25 heavy (non-hydrogen) atoms. The zero-order valence-corrected chi connectivity index (χ0v) is 13.5. The molecule has 1 N–H and O–H groups in total. The smallest absolute Gasteiger partial charge is 0.230 e. The molecular weight excluding hydrogens is 323 g/mol. The Morgan fingerprint density at radius 2 is 2.24 bits per heavy atom. The summed E-state index contributed by atoms with van der Waals surface area (Å²) in [6.07, 6.45) is 4.82. The summed E-state index contributed by atoms with van der Waals surface area (Å²) in [5.74, 6) is -0.122. The van der Waals surface area contributed by atoms with Gasteiger partial charge in [0, 0.05) is 36.4 Å². The minimum Gasteiger partial charge on any atom is -0.370 e. The summed E-state index contributed by atoms with van der Waals surface area (Å²) in [6.45, 7) is 1.39. The number of anilines is 2. The van der Waals surface area contributed by atoms with Crippen molar-refractivity contribution in [2.24, 2.45) is 5.92 Å². The third-order valence-corrected chi connectivity index (χ3v) is 4.50. The van der Waals surface area contributed by atoms with Gasteiger partial charge in [0.1, 0.15) is 12.1 Å². The van der Waals surface area contributed by atoms with Crippen LogP contribution in [-0.4, -0.2) is 29.1 Å². The predicted molar refractivity (Wildman–Crippen MR) is 91.8 cm³/mol. The molecule has 2 aromatic heterocycles. The number of hydrogen-bond donors (Lipinski definition) is 1. The summed E-state index contributed by atoms with van der Waals surface area (Å²) in [6, 6.07) is 8.06. The number of hydrogen-bond acceptors (Lipinski definition) is 5. The van der Waals surface area contributed by atoms with Gasteiger partial charge in [0.25, 0.3) is 0 Å². The Balaban J connectivity index is 1.57. The molecule has 7 heteroatoms. The second-order valence-corrected chi connectivity index (χ2v) is 6.15. The summed E-state index contributed by atoms with van der Waals surface area (Å²) in [4.78, 5) is 18.9. The Kier molecular flexibility index (Phi) is 4.05. The maximum Gasteiger partial charge on any atom is 0.230 e. The number of rotatable bonds is 3. The second kappa shape index (κ2) is 6.51. The van der Waals surface area contributed by atoms with Crippen LogP contribution in [0.5, 0.6) is 0 Å². The van der Waals surface area contributed by atoms with Crippen LogP contribution in [0.2, 0.25) is 0 Å². The van der Waals surface area contributed by atoms with Crippen LogP contribution >= 0.6 is 0 Å². The SMILES string of the molecule is O=C(Nc1ccon1)C1CCCN(c2ccnc3ccc(F)cc23)C1. The molecule has 1 unspecified atom stereocenters. The minimum absolute atomic E-state index is 0.0804. The molecule has 0 aliphatic carbocycles. The number of aromatic nitrogens is 2. The molecule has 0 saturated carbocycles. The highest BCUT2D eigenvalue weighted by atomic mass is 19.1. The molecule has 0 radical (unpaired) electrons. The van der Waals surface area contributed by atoms with Crippen molar-refractivity contribution in [3.8, 4) is 0 Å². The highest BCUT2D eigenvalue weighted by Crippen LogP contribution is 2.30. The van der Waals surface area contributed by atoms with Crippen molar-refractivity contribution in [2.75, 3.05) is 23.3 Å². The molecule has 1 amide bonds. The Labute approximate surface area is 143 Å². The molecule has 128 valence electrons. The molecule has 0 spiro atoms. The van der Waals surface area contributed by atoms with Gasteiger partial charge in [-0.3, -0.25) is 9.78 Å². The van der Waals surface area contributed by atoms with Crippen molar-refractivity contribution >= 4 is 28.3 Å². The molecule has 6 nitrogen and oxygen atoms in total. The summed E-state index contributed by atoms with van der Waals surface area (Å²) in [5, 5.41) is 7.24. The van der Waals surface area contributed by atoms with Crippen LogP contribution in [0.15, 0.2) is 47.3 Å². The number of benzene rings is 1. The van der Waals surface area contributed by atoms with Crippen LogP contribution in [-0.2, 0) is 4.79 Å². The molecule has 1 saturated heterocycles. The number of nitrogens with zero attached hydrogens (tertiary/aromatic N) is 3. The first-order valence-electron chi connectivity index (χ1n) is 8.21. The van der Waals surface area contributed by atoms with E-state index < -0.39 is 0 Å². The molecule has 1 fully saturated rings. The molecule has 1 aliphatic rings. The van der Waals surface area contributed by atoms with E-state index in [-0.39, 0.29) is 17.6 Å². The molecule has 3 aromatic rings. The van der Waals surface area contributed by atoms with Crippen LogP contribution in [0.1, 0.15) is 12.8 Å². The molecular formula is C18H17FN4O2. The fraction of sp³-hybridized carbons (Fsp3) is 0.278. The van der Waals surface area contributed by atoms with Crippen LogP contribution in [0, 0.1) is 11.7 Å². The molecule has 0 bridgehead atoms. The molecule has 4 rings (SSSR count). The van der Waals surface area contributed by atoms with E-state index >= 15 is 0 Å². The lowest BCUT2D eigenvalue weighted by molar-refractivity contribution is -0.120. The van der Waals surface area contributed by atoms with Crippen LogP contribution in [0.25, 0.3) is 10.9 Å². The zero-order chi connectivity index (χ0) is 17.2. The number of carbonyl (C=O) groups is 1. The van der Waals surface area contributed by atoms with Gasteiger partial charge in [-0.05, 0) is 37.1 Å². The van der Waals surface area contributed by atoms with E-state index in [0.29, 0.717) is 12.4 Å². The Morgan fingerprint density at radius 1 is 1.32 bits per heavy atom. The van der Waals surface area contributed by atoms with Crippen LogP contribution in [0.4, 0.5) is 15.9 Å². The molecule has 3 heterocycles. The monoisotopic (exact) mass is 340 g/mol. The number of amides is 1. The fourth-order valence-electron chi connectivity index (χ4n) is 3.29. The van der Waals surface area contributed by atoms with Gasteiger partial charge in [-0.15, -0.1) is 0 Å². The predicted octanol–water partition coefficient (Wildman–Crippen LogP) is 3.22. The van der Waals surface area contributed by atoms with E-state index in [1.165, 1.54) is 18.4 Å². The first-order valence-corrected chi connectivity index (χ1v) is 8.21. The number of fused-ring (bicyclic) bond motifs is 1.